The average Bonchev–Trinajstić information content (AvgIpc) is 3.01. The number of ether oxygens (including phenoxy) is 2. The normalized spacial score (nSPS) is 20.6. The fourth-order valence-corrected chi connectivity index (χ4v) is 3.03. The third-order valence-electron chi connectivity index (χ3n) is 4.41. The molecule has 0 saturated carbocycles. The maximum absolute atomic E-state index is 13.7. The van der Waals surface area contributed by atoms with Gasteiger partial charge in [-0.25, -0.2) is 9.38 Å². The highest BCUT2D eigenvalue weighted by molar-refractivity contribution is 14.0. The van der Waals surface area contributed by atoms with Crippen molar-refractivity contribution in [2.24, 2.45) is 16.8 Å². The van der Waals surface area contributed by atoms with E-state index in [1.54, 1.807) is 18.2 Å². The number of nitrogens with zero attached hydrogens (tertiary/aromatic N) is 2. The molecule has 3 unspecified atom stereocenters. The van der Waals surface area contributed by atoms with Crippen LogP contribution in [0, 0.1) is 17.7 Å². The van der Waals surface area contributed by atoms with Crippen molar-refractivity contribution < 1.29 is 18.7 Å². The van der Waals surface area contributed by atoms with E-state index in [0.29, 0.717) is 13.1 Å². The summed E-state index contributed by atoms with van der Waals surface area (Å²) in [6.07, 6.45) is -0.281. The summed E-state index contributed by atoms with van der Waals surface area (Å²) in [4.78, 5) is 18.6. The first-order valence-electron chi connectivity index (χ1n) is 8.98. The van der Waals surface area contributed by atoms with Crippen molar-refractivity contribution in [1.29, 1.82) is 0 Å². The minimum absolute atomic E-state index is 0. The highest BCUT2D eigenvalue weighted by Gasteiger charge is 2.36. The number of halogens is 2. The van der Waals surface area contributed by atoms with Crippen LogP contribution in [0.1, 0.15) is 20.8 Å². The Morgan fingerprint density at radius 1 is 1.41 bits per heavy atom. The van der Waals surface area contributed by atoms with Crippen LogP contribution < -0.4 is 10.1 Å². The van der Waals surface area contributed by atoms with Crippen molar-refractivity contribution >= 4 is 35.9 Å². The molecule has 0 amide bonds. The Bertz CT molecular complexity index is 644. The predicted molar refractivity (Wildman–Crippen MR) is 114 cm³/mol. The largest absolute Gasteiger partial charge is 0.486 e. The van der Waals surface area contributed by atoms with Gasteiger partial charge in [0, 0.05) is 19.6 Å². The van der Waals surface area contributed by atoms with Crippen LogP contribution >= 0.6 is 24.0 Å². The SMILES string of the molecule is CCNC(=NCC(C)Oc1ccccc1F)N1CC(C)C(C(=O)OC)C1.I. The smallest absolute Gasteiger partial charge is 0.310 e. The molecule has 6 nitrogen and oxygen atoms in total. The van der Waals surface area contributed by atoms with Gasteiger partial charge in [-0.3, -0.25) is 4.79 Å². The number of carbonyl (C=O) groups excluding carboxylic acids is 1. The maximum Gasteiger partial charge on any atom is 0.310 e. The Balaban J connectivity index is 0.00000364. The van der Waals surface area contributed by atoms with Gasteiger partial charge in [0.2, 0.25) is 0 Å². The zero-order chi connectivity index (χ0) is 19.1. The average molecular weight is 493 g/mol. The summed E-state index contributed by atoms with van der Waals surface area (Å²) in [6, 6.07) is 6.33. The maximum atomic E-state index is 13.7. The van der Waals surface area contributed by atoms with E-state index in [1.807, 2.05) is 20.8 Å². The molecule has 27 heavy (non-hydrogen) atoms. The van der Waals surface area contributed by atoms with Crippen LogP contribution in [-0.4, -0.2) is 56.2 Å². The molecule has 0 aliphatic carbocycles. The van der Waals surface area contributed by atoms with Gasteiger partial charge in [0.25, 0.3) is 0 Å². The van der Waals surface area contributed by atoms with Crippen molar-refractivity contribution in [2.75, 3.05) is 33.3 Å². The van der Waals surface area contributed by atoms with Gasteiger partial charge in [0.05, 0.1) is 19.6 Å². The summed E-state index contributed by atoms with van der Waals surface area (Å²) in [5.74, 6) is 0.418. The van der Waals surface area contributed by atoms with Gasteiger partial charge < -0.3 is 19.7 Å². The molecule has 1 aromatic carbocycles. The molecule has 8 heteroatoms. The molecule has 1 aliphatic rings. The van der Waals surface area contributed by atoms with Crippen LogP contribution in [0.5, 0.6) is 5.75 Å². The molecule has 0 radical (unpaired) electrons. The summed E-state index contributed by atoms with van der Waals surface area (Å²) >= 11 is 0. The monoisotopic (exact) mass is 493 g/mol. The zero-order valence-corrected chi connectivity index (χ0v) is 18.6. The van der Waals surface area contributed by atoms with Crippen LogP contribution in [0.15, 0.2) is 29.3 Å². The lowest BCUT2D eigenvalue weighted by Gasteiger charge is -2.22. The van der Waals surface area contributed by atoms with E-state index < -0.39 is 0 Å². The van der Waals surface area contributed by atoms with Crippen molar-refractivity contribution in [3.05, 3.63) is 30.1 Å². The zero-order valence-electron chi connectivity index (χ0n) is 16.3. The molecule has 1 saturated heterocycles. The number of hydrogen-bond acceptors (Lipinski definition) is 4. The van der Waals surface area contributed by atoms with Crippen LogP contribution in [0.3, 0.4) is 0 Å². The highest BCUT2D eigenvalue weighted by Crippen LogP contribution is 2.24. The number of esters is 1. The second-order valence-corrected chi connectivity index (χ2v) is 6.57. The van der Waals surface area contributed by atoms with E-state index in [1.165, 1.54) is 13.2 Å². The van der Waals surface area contributed by atoms with Crippen LogP contribution in [-0.2, 0) is 9.53 Å². The number of hydrogen-bond donors (Lipinski definition) is 1. The molecule has 0 spiro atoms. The molecule has 1 aliphatic heterocycles. The van der Waals surface area contributed by atoms with E-state index in [2.05, 4.69) is 15.2 Å². The van der Waals surface area contributed by atoms with Crippen LogP contribution in [0.25, 0.3) is 0 Å². The number of methoxy groups -OCH3 is 1. The van der Waals surface area contributed by atoms with Gasteiger partial charge in [0.15, 0.2) is 17.5 Å². The van der Waals surface area contributed by atoms with Gasteiger partial charge in [0.1, 0.15) is 6.10 Å². The topological polar surface area (TPSA) is 63.2 Å². The van der Waals surface area contributed by atoms with Gasteiger partial charge in [-0.05, 0) is 31.9 Å². The standard InChI is InChI=1S/C19H28FN3O3.HI/c1-5-21-19(23-11-13(2)15(12-23)18(24)25-4)22-10-14(3)26-17-9-7-6-8-16(17)20;/h6-9,13-15H,5,10-12H2,1-4H3,(H,21,22);1H. The molecule has 0 aromatic heterocycles. The second kappa shape index (κ2) is 11.3. The first-order chi connectivity index (χ1) is 12.5. The Morgan fingerprint density at radius 2 is 2.11 bits per heavy atom. The van der Waals surface area contributed by atoms with E-state index in [4.69, 9.17) is 9.47 Å². The lowest BCUT2D eigenvalue weighted by Crippen LogP contribution is -2.41. The molecule has 1 fully saturated rings. The Morgan fingerprint density at radius 3 is 2.74 bits per heavy atom. The minimum Gasteiger partial charge on any atom is -0.486 e. The van der Waals surface area contributed by atoms with E-state index in [0.717, 1.165) is 19.0 Å². The van der Waals surface area contributed by atoms with E-state index >= 15 is 0 Å². The molecule has 1 heterocycles. The third-order valence-corrected chi connectivity index (χ3v) is 4.41. The van der Waals surface area contributed by atoms with E-state index in [-0.39, 0.29) is 59.5 Å². The first kappa shape index (κ1) is 23.5. The van der Waals surface area contributed by atoms with Gasteiger partial charge in [-0.1, -0.05) is 19.1 Å². The summed E-state index contributed by atoms with van der Waals surface area (Å²) in [7, 11) is 1.42. The number of guanidine groups is 1. The van der Waals surface area contributed by atoms with E-state index in [9.17, 15) is 9.18 Å². The molecule has 1 N–H and O–H groups in total. The summed E-state index contributed by atoms with van der Waals surface area (Å²) in [5.41, 5.74) is 0. The fourth-order valence-electron chi connectivity index (χ4n) is 3.03. The number of benzene rings is 1. The summed E-state index contributed by atoms with van der Waals surface area (Å²) < 4.78 is 24.2. The molecule has 0 bridgehead atoms. The lowest BCUT2D eigenvalue weighted by atomic mass is 9.99. The Kier molecular flexibility index (Phi) is 9.82. The van der Waals surface area contributed by atoms with Gasteiger partial charge in [-0.15, -0.1) is 24.0 Å². The summed E-state index contributed by atoms with van der Waals surface area (Å²) in [6.45, 7) is 8.28. The number of carbonyl (C=O) groups is 1. The van der Waals surface area contributed by atoms with Crippen molar-refractivity contribution in [3.63, 3.8) is 0 Å². The third kappa shape index (κ3) is 6.51. The number of nitrogens with one attached hydrogen (secondary N) is 1. The second-order valence-electron chi connectivity index (χ2n) is 6.57. The molecule has 152 valence electrons. The lowest BCUT2D eigenvalue weighted by molar-refractivity contribution is -0.145. The molecule has 2 rings (SSSR count). The van der Waals surface area contributed by atoms with Crippen molar-refractivity contribution in [2.45, 2.75) is 26.9 Å². The Labute approximate surface area is 177 Å². The quantitative estimate of drug-likeness (QED) is 0.286. The minimum atomic E-state index is -0.385. The molecule has 3 atom stereocenters. The molecular formula is C19H29FIN3O3. The number of para-hydroxylation sites is 1. The fraction of sp³-hybridized carbons (Fsp3) is 0.579. The van der Waals surface area contributed by atoms with Gasteiger partial charge in [-0.2, -0.15) is 0 Å². The van der Waals surface area contributed by atoms with Crippen molar-refractivity contribution in [1.82, 2.24) is 10.2 Å². The Hall–Kier alpha value is -1.58. The number of likely N-dealkylation sites (tertiary alicyclic amines) is 1. The first-order valence-corrected chi connectivity index (χ1v) is 8.98. The highest BCUT2D eigenvalue weighted by atomic mass is 127. The number of aliphatic imine (C=N–C) groups is 1. The molecule has 1 aromatic rings. The van der Waals surface area contributed by atoms with Crippen LogP contribution in [0.2, 0.25) is 0 Å². The molecular weight excluding hydrogens is 464 g/mol. The summed E-state index contributed by atoms with van der Waals surface area (Å²) in [5, 5.41) is 3.25. The predicted octanol–water partition coefficient (Wildman–Crippen LogP) is 2.92. The van der Waals surface area contributed by atoms with Crippen molar-refractivity contribution in [3.8, 4) is 5.75 Å². The van der Waals surface area contributed by atoms with Gasteiger partial charge >= 0.3 is 5.97 Å². The van der Waals surface area contributed by atoms with Crippen LogP contribution in [0.4, 0.5) is 4.39 Å². The number of rotatable bonds is 6.